The van der Waals surface area contributed by atoms with Crippen molar-refractivity contribution in [2.75, 3.05) is 6.54 Å². The number of furan rings is 2. The van der Waals surface area contributed by atoms with Gasteiger partial charge in [0.25, 0.3) is 5.91 Å². The van der Waals surface area contributed by atoms with Gasteiger partial charge in [-0.15, -0.1) is 6.42 Å². The molecule has 0 fully saturated rings. The summed E-state index contributed by atoms with van der Waals surface area (Å²) in [4.78, 5) is 14.3. The van der Waals surface area contributed by atoms with E-state index in [-0.39, 0.29) is 12.5 Å². The van der Waals surface area contributed by atoms with Gasteiger partial charge in [0.2, 0.25) is 0 Å². The SMILES string of the molecule is C#CCN(Cc1ccco1)C(=O)c1oc2ccc(Br)cc2c1C. The molecule has 1 aromatic carbocycles. The lowest BCUT2D eigenvalue weighted by atomic mass is 10.1. The van der Waals surface area contributed by atoms with Crippen molar-refractivity contribution in [3.63, 3.8) is 0 Å². The van der Waals surface area contributed by atoms with Crippen LogP contribution in [0.2, 0.25) is 0 Å². The zero-order chi connectivity index (χ0) is 16.4. The van der Waals surface area contributed by atoms with Crippen molar-refractivity contribution < 1.29 is 13.6 Å². The molecule has 0 saturated heterocycles. The van der Waals surface area contributed by atoms with Gasteiger partial charge in [0.05, 0.1) is 19.4 Å². The van der Waals surface area contributed by atoms with Crippen LogP contribution in [0, 0.1) is 19.3 Å². The number of halogens is 1. The van der Waals surface area contributed by atoms with Crippen molar-refractivity contribution in [2.45, 2.75) is 13.5 Å². The number of benzene rings is 1. The number of hydrogen-bond acceptors (Lipinski definition) is 3. The average molecular weight is 372 g/mol. The summed E-state index contributed by atoms with van der Waals surface area (Å²) in [5, 5.41) is 0.904. The highest BCUT2D eigenvalue weighted by atomic mass is 79.9. The number of aryl methyl sites for hydroxylation is 1. The largest absolute Gasteiger partial charge is 0.467 e. The van der Waals surface area contributed by atoms with Gasteiger partial charge in [-0.1, -0.05) is 21.9 Å². The predicted molar refractivity (Wildman–Crippen MR) is 90.9 cm³/mol. The first-order chi connectivity index (χ1) is 11.1. The Kier molecular flexibility index (Phi) is 4.26. The van der Waals surface area contributed by atoms with Crippen molar-refractivity contribution in [3.05, 3.63) is 58.2 Å². The van der Waals surface area contributed by atoms with E-state index in [9.17, 15) is 4.79 Å². The van der Waals surface area contributed by atoms with Gasteiger partial charge in [0.15, 0.2) is 5.76 Å². The highest BCUT2D eigenvalue weighted by Gasteiger charge is 2.23. The molecule has 0 N–H and O–H groups in total. The Bertz CT molecular complexity index is 887. The monoisotopic (exact) mass is 371 g/mol. The molecule has 0 aliphatic heterocycles. The highest BCUT2D eigenvalue weighted by molar-refractivity contribution is 9.10. The molecule has 0 aliphatic rings. The second-order valence-electron chi connectivity index (χ2n) is 5.14. The Balaban J connectivity index is 1.96. The summed E-state index contributed by atoms with van der Waals surface area (Å²) in [5.74, 6) is 3.24. The van der Waals surface area contributed by atoms with E-state index in [0.717, 1.165) is 15.4 Å². The van der Waals surface area contributed by atoms with Crippen LogP contribution < -0.4 is 0 Å². The Morgan fingerprint density at radius 1 is 1.39 bits per heavy atom. The predicted octanol–water partition coefficient (Wildman–Crippen LogP) is 4.37. The Labute approximate surface area is 142 Å². The van der Waals surface area contributed by atoms with Gasteiger partial charge >= 0.3 is 0 Å². The molecule has 23 heavy (non-hydrogen) atoms. The van der Waals surface area contributed by atoms with Crippen molar-refractivity contribution in [1.82, 2.24) is 4.90 Å². The number of carbonyl (C=O) groups is 1. The summed E-state index contributed by atoms with van der Waals surface area (Å²) >= 11 is 3.43. The lowest BCUT2D eigenvalue weighted by Gasteiger charge is -2.17. The Hall–Kier alpha value is -2.45. The molecule has 2 heterocycles. The Morgan fingerprint density at radius 2 is 2.22 bits per heavy atom. The molecule has 1 amide bonds. The quantitative estimate of drug-likeness (QED) is 0.639. The van der Waals surface area contributed by atoms with Gasteiger partial charge in [0, 0.05) is 15.4 Å². The molecule has 3 rings (SSSR count). The lowest BCUT2D eigenvalue weighted by Crippen LogP contribution is -2.31. The van der Waals surface area contributed by atoms with Crippen LogP contribution >= 0.6 is 15.9 Å². The van der Waals surface area contributed by atoms with E-state index in [4.69, 9.17) is 15.3 Å². The number of nitrogens with zero attached hydrogens (tertiary/aromatic N) is 1. The number of carbonyl (C=O) groups excluding carboxylic acids is 1. The second-order valence-corrected chi connectivity index (χ2v) is 6.06. The molecule has 5 heteroatoms. The minimum absolute atomic E-state index is 0.180. The molecule has 0 unspecified atom stereocenters. The van der Waals surface area contributed by atoms with Crippen LogP contribution in [0.1, 0.15) is 21.9 Å². The number of terminal acetylenes is 1. The maximum absolute atomic E-state index is 12.8. The fourth-order valence-corrected chi connectivity index (χ4v) is 2.80. The van der Waals surface area contributed by atoms with Crippen LogP contribution in [0.3, 0.4) is 0 Å². The maximum atomic E-state index is 12.8. The molecular weight excluding hydrogens is 358 g/mol. The van der Waals surface area contributed by atoms with Gasteiger partial charge < -0.3 is 13.7 Å². The van der Waals surface area contributed by atoms with Gasteiger partial charge in [-0.2, -0.15) is 0 Å². The lowest BCUT2D eigenvalue weighted by molar-refractivity contribution is 0.0724. The van der Waals surface area contributed by atoms with Crippen molar-refractivity contribution in [2.24, 2.45) is 0 Å². The fourth-order valence-electron chi connectivity index (χ4n) is 2.44. The van der Waals surface area contributed by atoms with Gasteiger partial charge in [-0.25, -0.2) is 0 Å². The van der Waals surface area contributed by atoms with E-state index >= 15 is 0 Å². The first kappa shape index (κ1) is 15.4. The molecule has 4 nitrogen and oxygen atoms in total. The van der Waals surface area contributed by atoms with E-state index in [1.807, 2.05) is 25.1 Å². The molecule has 2 aromatic heterocycles. The van der Waals surface area contributed by atoms with Crippen LogP contribution in [0.25, 0.3) is 11.0 Å². The van der Waals surface area contributed by atoms with E-state index in [1.54, 1.807) is 18.4 Å². The number of hydrogen-bond donors (Lipinski definition) is 0. The summed E-state index contributed by atoms with van der Waals surface area (Å²) in [6.45, 7) is 2.35. The third-order valence-corrected chi connectivity index (χ3v) is 4.08. The van der Waals surface area contributed by atoms with Crippen LogP contribution in [-0.4, -0.2) is 17.4 Å². The minimum Gasteiger partial charge on any atom is -0.467 e. The molecule has 3 aromatic rings. The Morgan fingerprint density at radius 3 is 2.91 bits per heavy atom. The number of rotatable bonds is 4. The molecule has 0 spiro atoms. The van der Waals surface area contributed by atoms with Gasteiger partial charge in [-0.3, -0.25) is 4.79 Å². The maximum Gasteiger partial charge on any atom is 0.291 e. The summed E-state index contributed by atoms with van der Waals surface area (Å²) in [6, 6.07) is 9.23. The topological polar surface area (TPSA) is 46.6 Å². The van der Waals surface area contributed by atoms with Crippen LogP contribution in [-0.2, 0) is 6.54 Å². The van der Waals surface area contributed by atoms with Gasteiger partial charge in [-0.05, 0) is 37.3 Å². The zero-order valence-electron chi connectivity index (χ0n) is 12.5. The van der Waals surface area contributed by atoms with Crippen LogP contribution in [0.5, 0.6) is 0 Å². The van der Waals surface area contributed by atoms with Gasteiger partial charge in [0.1, 0.15) is 11.3 Å². The second kappa shape index (κ2) is 6.35. The first-order valence-corrected chi connectivity index (χ1v) is 7.83. The summed E-state index contributed by atoms with van der Waals surface area (Å²) in [6.07, 6.45) is 6.96. The summed E-state index contributed by atoms with van der Waals surface area (Å²) < 4.78 is 12.0. The molecular formula is C18H14BrNO3. The smallest absolute Gasteiger partial charge is 0.291 e. The van der Waals surface area contributed by atoms with E-state index in [1.165, 1.54) is 4.90 Å². The van der Waals surface area contributed by atoms with Crippen LogP contribution in [0.15, 0.2) is 49.9 Å². The normalized spacial score (nSPS) is 10.7. The molecule has 0 radical (unpaired) electrons. The summed E-state index contributed by atoms with van der Waals surface area (Å²) in [5.41, 5.74) is 1.47. The van der Waals surface area contributed by atoms with Crippen LogP contribution in [0.4, 0.5) is 0 Å². The van der Waals surface area contributed by atoms with E-state index in [2.05, 4.69) is 21.9 Å². The highest BCUT2D eigenvalue weighted by Crippen LogP contribution is 2.29. The minimum atomic E-state index is -0.246. The number of fused-ring (bicyclic) bond motifs is 1. The van der Waals surface area contributed by atoms with Crippen molar-refractivity contribution in [1.29, 1.82) is 0 Å². The molecule has 0 aliphatic carbocycles. The molecule has 116 valence electrons. The van der Waals surface area contributed by atoms with E-state index in [0.29, 0.717) is 23.6 Å². The third-order valence-electron chi connectivity index (χ3n) is 3.59. The molecule has 0 atom stereocenters. The number of amides is 1. The molecule has 0 saturated carbocycles. The fraction of sp³-hybridized carbons (Fsp3) is 0.167. The first-order valence-electron chi connectivity index (χ1n) is 7.04. The zero-order valence-corrected chi connectivity index (χ0v) is 14.1. The average Bonchev–Trinajstić information content (AvgIpc) is 3.15. The molecule has 0 bridgehead atoms. The third kappa shape index (κ3) is 3.03. The van der Waals surface area contributed by atoms with E-state index < -0.39 is 0 Å². The van der Waals surface area contributed by atoms with Crippen molar-refractivity contribution >= 4 is 32.8 Å². The summed E-state index contributed by atoms with van der Waals surface area (Å²) in [7, 11) is 0. The standard InChI is InChI=1S/C18H14BrNO3/c1-3-8-20(11-14-5-4-9-22-14)18(21)17-12(2)15-10-13(19)6-7-16(15)23-17/h1,4-7,9-10H,8,11H2,2H3. The van der Waals surface area contributed by atoms with Crippen molar-refractivity contribution in [3.8, 4) is 12.3 Å².